The van der Waals surface area contributed by atoms with Crippen molar-refractivity contribution in [1.82, 2.24) is 5.32 Å². The summed E-state index contributed by atoms with van der Waals surface area (Å²) in [6.45, 7) is 10.1. The number of amides is 1. The molecule has 0 aromatic heterocycles. The molecule has 2 N–H and O–H groups in total. The van der Waals surface area contributed by atoms with Crippen LogP contribution in [0, 0.1) is 11.3 Å². The molecule has 1 aliphatic heterocycles. The third-order valence-electron chi connectivity index (χ3n) is 5.21. The van der Waals surface area contributed by atoms with Crippen molar-refractivity contribution >= 4 is 19.9 Å². The Morgan fingerprint density at radius 3 is 2.35 bits per heavy atom. The van der Waals surface area contributed by atoms with Crippen LogP contribution in [-0.4, -0.2) is 55.0 Å². The molecule has 1 fully saturated rings. The van der Waals surface area contributed by atoms with Crippen molar-refractivity contribution in [3.63, 3.8) is 0 Å². The SMILES string of the molecule is [B]OC1CC(C(=O)[O-])(C(C)(C)C)OC(C(C)C(O)CC)C1NC(C)=O.[Na+]. The first-order valence-corrected chi connectivity index (χ1v) is 8.61. The Bertz CT molecular complexity index is 500. The van der Waals surface area contributed by atoms with Gasteiger partial charge in [-0.2, -0.15) is 0 Å². The van der Waals surface area contributed by atoms with E-state index in [1.54, 1.807) is 27.7 Å². The molecular weight excluding hydrogens is 348 g/mol. The molecule has 0 saturated carbocycles. The number of ether oxygens (including phenoxy) is 1. The monoisotopic (exact) mass is 377 g/mol. The number of carboxylic acids is 1. The number of carboxylic acid groups (broad SMARTS) is 1. The fourth-order valence-electron chi connectivity index (χ4n) is 3.46. The zero-order valence-corrected chi connectivity index (χ0v) is 18.9. The summed E-state index contributed by atoms with van der Waals surface area (Å²) in [5.41, 5.74) is -2.49. The molecule has 6 atom stereocenters. The van der Waals surface area contributed by atoms with Crippen LogP contribution in [0.5, 0.6) is 0 Å². The Hall–Kier alpha value is -0.115. The standard InChI is InChI=1S/C17H30BNO6.Na/c1-7-11(21)9(2)14-13(19-10(3)20)12(25-18)8-17(24-14,15(22)23)16(4,5)6;/h9,11-14,21H,7-8H2,1-6H3,(H,19,20)(H,22,23);/q;+1/p-1. The molecule has 1 heterocycles. The molecule has 6 unspecified atom stereocenters. The number of carbonyl (C=O) groups excluding carboxylic acids is 2. The smallest absolute Gasteiger partial charge is 0.547 e. The molecule has 1 rings (SSSR count). The van der Waals surface area contributed by atoms with E-state index in [4.69, 9.17) is 17.4 Å². The Labute approximate surface area is 179 Å². The number of hydrogen-bond acceptors (Lipinski definition) is 6. The van der Waals surface area contributed by atoms with Crippen molar-refractivity contribution in [3.05, 3.63) is 0 Å². The van der Waals surface area contributed by atoms with Gasteiger partial charge in [-0.3, -0.25) is 4.79 Å². The van der Waals surface area contributed by atoms with Gasteiger partial charge in [-0.05, 0) is 11.8 Å². The third-order valence-corrected chi connectivity index (χ3v) is 5.21. The van der Waals surface area contributed by atoms with Crippen LogP contribution in [0.15, 0.2) is 0 Å². The van der Waals surface area contributed by atoms with E-state index in [-0.39, 0.29) is 41.9 Å². The van der Waals surface area contributed by atoms with E-state index in [1.807, 2.05) is 6.92 Å². The van der Waals surface area contributed by atoms with Gasteiger partial charge in [0.05, 0.1) is 30.3 Å². The Morgan fingerprint density at radius 1 is 1.46 bits per heavy atom. The van der Waals surface area contributed by atoms with Crippen LogP contribution in [0.2, 0.25) is 0 Å². The van der Waals surface area contributed by atoms with Gasteiger partial charge in [-0.25, -0.2) is 0 Å². The van der Waals surface area contributed by atoms with E-state index >= 15 is 0 Å². The Morgan fingerprint density at radius 2 is 2.00 bits per heavy atom. The topological polar surface area (TPSA) is 108 Å². The number of carbonyl (C=O) groups is 2. The van der Waals surface area contributed by atoms with Gasteiger partial charge in [0.1, 0.15) is 5.60 Å². The van der Waals surface area contributed by atoms with Gasteiger partial charge in [0.15, 0.2) is 0 Å². The largest absolute Gasteiger partial charge is 1.00 e. The number of hydrogen-bond donors (Lipinski definition) is 2. The maximum Gasteiger partial charge on any atom is 1.00 e. The molecule has 142 valence electrons. The summed E-state index contributed by atoms with van der Waals surface area (Å²) in [6.07, 6.45) is -1.97. The number of aliphatic hydroxyl groups excluding tert-OH is 1. The Balaban J connectivity index is 0.00000625. The summed E-state index contributed by atoms with van der Waals surface area (Å²) in [7, 11) is 5.42. The first kappa shape index (κ1) is 25.9. The van der Waals surface area contributed by atoms with Crippen molar-refractivity contribution in [2.24, 2.45) is 11.3 Å². The molecule has 1 amide bonds. The van der Waals surface area contributed by atoms with Crippen molar-refractivity contribution in [1.29, 1.82) is 0 Å². The minimum atomic E-state index is -1.67. The third kappa shape index (κ3) is 5.23. The molecule has 0 bridgehead atoms. The van der Waals surface area contributed by atoms with Gasteiger partial charge < -0.3 is 29.7 Å². The molecule has 0 aliphatic carbocycles. The molecule has 0 aromatic carbocycles. The second kappa shape index (κ2) is 9.89. The van der Waals surface area contributed by atoms with E-state index in [9.17, 15) is 19.8 Å². The van der Waals surface area contributed by atoms with E-state index in [0.717, 1.165) is 0 Å². The molecule has 7 nitrogen and oxygen atoms in total. The van der Waals surface area contributed by atoms with Gasteiger partial charge in [-0.1, -0.05) is 34.6 Å². The van der Waals surface area contributed by atoms with E-state index < -0.39 is 47.3 Å². The van der Waals surface area contributed by atoms with Crippen LogP contribution in [0.25, 0.3) is 0 Å². The maximum atomic E-state index is 12.0. The molecule has 26 heavy (non-hydrogen) atoms. The summed E-state index contributed by atoms with van der Waals surface area (Å²) in [4.78, 5) is 23.7. The van der Waals surface area contributed by atoms with E-state index in [1.165, 1.54) is 6.92 Å². The van der Waals surface area contributed by atoms with Crippen molar-refractivity contribution in [2.75, 3.05) is 0 Å². The minimum absolute atomic E-state index is 0. The average molecular weight is 377 g/mol. The fourth-order valence-corrected chi connectivity index (χ4v) is 3.46. The zero-order chi connectivity index (χ0) is 19.6. The first-order chi connectivity index (χ1) is 11.4. The van der Waals surface area contributed by atoms with Crippen molar-refractivity contribution in [2.45, 2.75) is 84.3 Å². The molecular formula is C17H29BNNaO6. The van der Waals surface area contributed by atoms with Gasteiger partial charge in [0, 0.05) is 19.3 Å². The quantitative estimate of drug-likeness (QED) is 0.470. The second-order valence-corrected chi connectivity index (χ2v) is 7.89. The zero-order valence-electron chi connectivity index (χ0n) is 16.9. The van der Waals surface area contributed by atoms with Crippen LogP contribution in [0.4, 0.5) is 0 Å². The number of aliphatic hydroxyl groups is 1. The van der Waals surface area contributed by atoms with Crippen molar-refractivity contribution in [3.8, 4) is 0 Å². The summed E-state index contributed by atoms with van der Waals surface area (Å²) < 4.78 is 11.1. The number of nitrogens with one attached hydrogen (secondary N) is 1. The van der Waals surface area contributed by atoms with Crippen LogP contribution >= 0.6 is 0 Å². The van der Waals surface area contributed by atoms with Crippen LogP contribution in [0.3, 0.4) is 0 Å². The van der Waals surface area contributed by atoms with E-state index in [0.29, 0.717) is 6.42 Å². The Kier molecular flexibility index (Phi) is 9.85. The molecule has 9 heteroatoms. The molecule has 0 spiro atoms. The summed E-state index contributed by atoms with van der Waals surface area (Å²) in [5, 5.41) is 25.0. The van der Waals surface area contributed by atoms with Crippen LogP contribution in [0.1, 0.15) is 54.4 Å². The second-order valence-electron chi connectivity index (χ2n) is 7.89. The van der Waals surface area contributed by atoms with Gasteiger partial charge in [0.25, 0.3) is 8.05 Å². The number of rotatable bonds is 6. The van der Waals surface area contributed by atoms with E-state index in [2.05, 4.69) is 5.32 Å². The molecule has 2 radical (unpaired) electrons. The van der Waals surface area contributed by atoms with Crippen LogP contribution < -0.4 is 40.0 Å². The summed E-state index contributed by atoms with van der Waals surface area (Å²) >= 11 is 0. The van der Waals surface area contributed by atoms with Gasteiger partial charge >= 0.3 is 29.6 Å². The average Bonchev–Trinajstić information content (AvgIpc) is 2.51. The van der Waals surface area contributed by atoms with Crippen molar-refractivity contribution < 1.29 is 58.8 Å². The normalized spacial score (nSPS) is 31.4. The summed E-state index contributed by atoms with van der Waals surface area (Å²) in [6, 6.07) is -0.687. The van der Waals surface area contributed by atoms with Crippen LogP contribution in [-0.2, 0) is 19.0 Å². The fraction of sp³-hybridized carbons (Fsp3) is 0.882. The molecule has 1 aliphatic rings. The van der Waals surface area contributed by atoms with Gasteiger partial charge in [0.2, 0.25) is 5.91 Å². The molecule has 1 saturated heterocycles. The van der Waals surface area contributed by atoms with Gasteiger partial charge in [-0.15, -0.1) is 0 Å². The maximum absolute atomic E-state index is 12.0. The minimum Gasteiger partial charge on any atom is -0.547 e. The first-order valence-electron chi connectivity index (χ1n) is 8.61. The summed E-state index contributed by atoms with van der Waals surface area (Å²) in [5.74, 6) is -2.15. The number of aliphatic carboxylic acids is 1. The molecule has 0 aromatic rings. The predicted octanol–water partition coefficient (Wildman–Crippen LogP) is -3.31. The predicted molar refractivity (Wildman–Crippen MR) is 90.4 cm³/mol.